The number of anilines is 1. The first kappa shape index (κ1) is 15.9. The molecule has 0 unspecified atom stereocenters. The Labute approximate surface area is 137 Å². The van der Waals surface area contributed by atoms with Gasteiger partial charge in [0.2, 0.25) is 0 Å². The smallest absolute Gasteiger partial charge is 0.356 e. The topological polar surface area (TPSA) is 96.4 Å². The molecule has 0 saturated heterocycles. The molecule has 0 fully saturated rings. The molecule has 9 heteroatoms. The molecule has 0 bridgehead atoms. The molecule has 1 heterocycles. The van der Waals surface area contributed by atoms with Gasteiger partial charge in [-0.3, -0.25) is 4.72 Å². The number of aromatic carboxylic acids is 1. The van der Waals surface area contributed by atoms with Gasteiger partial charge in [-0.1, -0.05) is 15.9 Å². The Bertz CT molecular complexity index is 809. The van der Waals surface area contributed by atoms with Gasteiger partial charge in [0.25, 0.3) is 10.0 Å². The van der Waals surface area contributed by atoms with E-state index in [1.165, 1.54) is 24.4 Å². The van der Waals surface area contributed by atoms with Crippen LogP contribution in [0.25, 0.3) is 0 Å². The van der Waals surface area contributed by atoms with E-state index in [-0.39, 0.29) is 16.3 Å². The highest BCUT2D eigenvalue weighted by Gasteiger charge is 2.21. The fourth-order valence-corrected chi connectivity index (χ4v) is 4.36. The minimum absolute atomic E-state index is 0.00843. The summed E-state index contributed by atoms with van der Waals surface area (Å²) in [4.78, 5) is 14.7. The van der Waals surface area contributed by atoms with Crippen LogP contribution in [0.5, 0.6) is 0 Å². The van der Waals surface area contributed by atoms with E-state index in [1.807, 2.05) is 0 Å². The van der Waals surface area contributed by atoms with Gasteiger partial charge in [0, 0.05) is 15.1 Å². The Hall–Kier alpha value is -1.45. The van der Waals surface area contributed by atoms with Crippen molar-refractivity contribution in [3.05, 3.63) is 51.2 Å². The van der Waals surface area contributed by atoms with E-state index in [0.29, 0.717) is 8.95 Å². The lowest BCUT2D eigenvalue weighted by molar-refractivity contribution is 0.0692. The van der Waals surface area contributed by atoms with Crippen LogP contribution in [-0.4, -0.2) is 24.5 Å². The van der Waals surface area contributed by atoms with E-state index in [4.69, 9.17) is 5.11 Å². The van der Waals surface area contributed by atoms with Crippen molar-refractivity contribution in [3.8, 4) is 0 Å². The third kappa shape index (κ3) is 3.60. The van der Waals surface area contributed by atoms with Crippen LogP contribution in [0.3, 0.4) is 0 Å². The van der Waals surface area contributed by atoms with Crippen molar-refractivity contribution in [3.63, 3.8) is 0 Å². The van der Waals surface area contributed by atoms with Crippen LogP contribution in [0, 0.1) is 0 Å². The van der Waals surface area contributed by atoms with Gasteiger partial charge in [0.15, 0.2) is 5.69 Å². The zero-order chi connectivity index (χ0) is 15.6. The summed E-state index contributed by atoms with van der Waals surface area (Å²) in [5.41, 5.74) is -0.464. The van der Waals surface area contributed by atoms with Crippen molar-refractivity contribution in [1.29, 1.82) is 0 Å². The third-order valence-electron chi connectivity index (χ3n) is 2.44. The number of carboxylic acid groups (broad SMARTS) is 1. The molecule has 21 heavy (non-hydrogen) atoms. The molecule has 0 amide bonds. The van der Waals surface area contributed by atoms with Crippen molar-refractivity contribution in [2.45, 2.75) is 4.90 Å². The van der Waals surface area contributed by atoms with Crippen molar-refractivity contribution < 1.29 is 18.3 Å². The van der Waals surface area contributed by atoms with Crippen molar-refractivity contribution >= 4 is 53.5 Å². The number of nitrogens with one attached hydrogen (secondary N) is 1. The molecule has 0 aliphatic carbocycles. The van der Waals surface area contributed by atoms with Crippen molar-refractivity contribution in [1.82, 2.24) is 4.98 Å². The van der Waals surface area contributed by atoms with E-state index in [1.54, 1.807) is 12.1 Å². The minimum atomic E-state index is -3.94. The number of benzene rings is 1. The molecule has 2 rings (SSSR count). The summed E-state index contributed by atoms with van der Waals surface area (Å²) in [6.07, 6.45) is 1.27. The first-order valence-corrected chi connectivity index (χ1v) is 8.54. The first-order chi connectivity index (χ1) is 9.81. The molecular weight excluding hydrogens is 428 g/mol. The molecule has 6 nitrogen and oxygen atoms in total. The summed E-state index contributed by atoms with van der Waals surface area (Å²) >= 11 is 6.39. The van der Waals surface area contributed by atoms with Gasteiger partial charge in [0.05, 0.1) is 5.69 Å². The molecular formula is C12H8Br2N2O4S. The third-order valence-corrected chi connectivity index (χ3v) is 5.27. The van der Waals surface area contributed by atoms with E-state index >= 15 is 0 Å². The van der Waals surface area contributed by atoms with Crippen LogP contribution >= 0.6 is 31.9 Å². The fraction of sp³-hybridized carbons (Fsp3) is 0. The number of rotatable bonds is 4. The predicted molar refractivity (Wildman–Crippen MR) is 83.8 cm³/mol. The van der Waals surface area contributed by atoms with Gasteiger partial charge < -0.3 is 5.11 Å². The Kier molecular flexibility index (Phi) is 4.64. The zero-order valence-electron chi connectivity index (χ0n) is 10.2. The predicted octanol–water partition coefficient (Wildman–Crippen LogP) is 3.11. The van der Waals surface area contributed by atoms with Gasteiger partial charge in [-0.25, -0.2) is 18.2 Å². The largest absolute Gasteiger partial charge is 0.476 e. The van der Waals surface area contributed by atoms with Gasteiger partial charge in [-0.05, 0) is 46.3 Å². The molecule has 2 aromatic rings. The fourth-order valence-electron chi connectivity index (χ4n) is 1.55. The van der Waals surface area contributed by atoms with E-state index in [2.05, 4.69) is 41.6 Å². The number of carboxylic acids is 1. The molecule has 1 aromatic carbocycles. The van der Waals surface area contributed by atoms with Crippen molar-refractivity contribution in [2.75, 3.05) is 4.72 Å². The molecule has 0 spiro atoms. The number of sulfonamides is 1. The molecule has 0 saturated carbocycles. The molecule has 0 radical (unpaired) electrons. The van der Waals surface area contributed by atoms with E-state index in [0.717, 1.165) is 0 Å². The second kappa shape index (κ2) is 6.12. The maximum absolute atomic E-state index is 12.3. The summed E-state index contributed by atoms with van der Waals surface area (Å²) in [5.74, 6) is -1.32. The SMILES string of the molecule is O=C(O)c1ncccc1NS(=O)(=O)c1ccc(Br)cc1Br. The second-order valence-electron chi connectivity index (χ2n) is 3.88. The number of pyridine rings is 1. The lowest BCUT2D eigenvalue weighted by Gasteiger charge is -2.11. The Balaban J connectivity index is 2.45. The summed E-state index contributed by atoms with van der Waals surface area (Å²) in [6, 6.07) is 7.32. The van der Waals surface area contributed by atoms with Gasteiger partial charge in [0.1, 0.15) is 4.90 Å². The first-order valence-electron chi connectivity index (χ1n) is 5.47. The molecule has 1 aromatic heterocycles. The maximum Gasteiger partial charge on any atom is 0.356 e. The number of nitrogens with zero attached hydrogens (tertiary/aromatic N) is 1. The summed E-state index contributed by atoms with van der Waals surface area (Å²) < 4.78 is 28.0. The molecule has 2 N–H and O–H groups in total. The molecule has 0 aliphatic heterocycles. The van der Waals surface area contributed by atoms with Crippen molar-refractivity contribution in [2.24, 2.45) is 0 Å². The number of hydrogen-bond donors (Lipinski definition) is 2. The Morgan fingerprint density at radius 3 is 2.57 bits per heavy atom. The lowest BCUT2D eigenvalue weighted by atomic mass is 10.3. The number of carbonyl (C=O) groups is 1. The van der Waals surface area contributed by atoms with Gasteiger partial charge >= 0.3 is 5.97 Å². The normalized spacial score (nSPS) is 11.1. The highest BCUT2D eigenvalue weighted by atomic mass is 79.9. The van der Waals surface area contributed by atoms with Gasteiger partial charge in [-0.15, -0.1) is 0 Å². The van der Waals surface area contributed by atoms with E-state index in [9.17, 15) is 13.2 Å². The highest BCUT2D eigenvalue weighted by molar-refractivity contribution is 9.11. The number of hydrogen-bond acceptors (Lipinski definition) is 4. The summed E-state index contributed by atoms with van der Waals surface area (Å²) in [7, 11) is -3.94. The maximum atomic E-state index is 12.3. The van der Waals surface area contributed by atoms with Gasteiger partial charge in [-0.2, -0.15) is 0 Å². The second-order valence-corrected chi connectivity index (χ2v) is 7.31. The molecule has 0 aliphatic rings. The van der Waals surface area contributed by atoms with Crippen LogP contribution in [0.15, 0.2) is 50.4 Å². The average Bonchev–Trinajstić information content (AvgIpc) is 2.37. The summed E-state index contributed by atoms with van der Waals surface area (Å²) in [6.45, 7) is 0. The number of aromatic nitrogens is 1. The quantitative estimate of drug-likeness (QED) is 0.768. The zero-order valence-corrected chi connectivity index (χ0v) is 14.2. The Morgan fingerprint density at radius 2 is 1.95 bits per heavy atom. The van der Waals surface area contributed by atoms with Crippen LogP contribution < -0.4 is 4.72 Å². The summed E-state index contributed by atoms with van der Waals surface area (Å²) in [5, 5.41) is 9.01. The van der Waals surface area contributed by atoms with Crippen LogP contribution in [0.2, 0.25) is 0 Å². The lowest BCUT2D eigenvalue weighted by Crippen LogP contribution is -2.16. The number of halogens is 2. The van der Waals surface area contributed by atoms with Crippen LogP contribution in [0.4, 0.5) is 5.69 Å². The van der Waals surface area contributed by atoms with Crippen LogP contribution in [-0.2, 0) is 10.0 Å². The highest BCUT2D eigenvalue weighted by Crippen LogP contribution is 2.27. The minimum Gasteiger partial charge on any atom is -0.476 e. The van der Waals surface area contributed by atoms with E-state index < -0.39 is 16.0 Å². The average molecular weight is 436 g/mol. The Morgan fingerprint density at radius 1 is 1.24 bits per heavy atom. The monoisotopic (exact) mass is 434 g/mol. The molecule has 0 atom stereocenters. The van der Waals surface area contributed by atoms with Crippen LogP contribution in [0.1, 0.15) is 10.5 Å². The molecule has 110 valence electrons. The standard InChI is InChI=1S/C12H8Br2N2O4S/c13-7-3-4-10(8(14)6-7)21(19,20)16-9-2-1-5-15-11(9)12(17)18/h1-6,16H,(H,17,18).